The van der Waals surface area contributed by atoms with Gasteiger partial charge in [-0.15, -0.1) is 11.8 Å². The van der Waals surface area contributed by atoms with E-state index in [2.05, 4.69) is 31.3 Å². The molecule has 4 nitrogen and oxygen atoms in total. The lowest BCUT2D eigenvalue weighted by atomic mass is 10.0. The summed E-state index contributed by atoms with van der Waals surface area (Å²) in [6.07, 6.45) is 0.470. The fourth-order valence-electron chi connectivity index (χ4n) is 3.73. The Bertz CT molecular complexity index is 1080. The van der Waals surface area contributed by atoms with Gasteiger partial charge in [-0.25, -0.2) is 0 Å². The molecule has 0 heterocycles. The average Bonchev–Trinajstić information content (AvgIpc) is 2.86. The van der Waals surface area contributed by atoms with Crippen LogP contribution in [0.5, 0.6) is 0 Å². The van der Waals surface area contributed by atoms with E-state index < -0.39 is 6.04 Å². The molecular formula is C30H36N2O2S. The van der Waals surface area contributed by atoms with Crippen LogP contribution in [-0.4, -0.2) is 35.1 Å². The Morgan fingerprint density at radius 1 is 0.829 bits per heavy atom. The number of hydrogen-bond donors (Lipinski definition) is 1. The van der Waals surface area contributed by atoms with Crippen LogP contribution in [0.1, 0.15) is 36.1 Å². The number of carbonyl (C=O) groups excluding carboxylic acids is 2. The maximum Gasteiger partial charge on any atom is 0.243 e. The lowest BCUT2D eigenvalue weighted by Gasteiger charge is -2.32. The van der Waals surface area contributed by atoms with Crippen LogP contribution >= 0.6 is 11.8 Å². The lowest BCUT2D eigenvalue weighted by molar-refractivity contribution is -0.139. The van der Waals surface area contributed by atoms with Gasteiger partial charge in [0.1, 0.15) is 6.04 Å². The molecule has 0 saturated carbocycles. The van der Waals surface area contributed by atoms with E-state index in [4.69, 9.17) is 0 Å². The summed E-state index contributed by atoms with van der Waals surface area (Å²) in [4.78, 5) is 29.9. The quantitative estimate of drug-likeness (QED) is 0.347. The third-order valence-corrected chi connectivity index (χ3v) is 6.81. The monoisotopic (exact) mass is 488 g/mol. The first-order valence-electron chi connectivity index (χ1n) is 12.2. The van der Waals surface area contributed by atoms with Gasteiger partial charge in [-0.2, -0.15) is 0 Å². The van der Waals surface area contributed by atoms with Crippen LogP contribution in [0, 0.1) is 19.8 Å². The van der Waals surface area contributed by atoms with Crippen molar-refractivity contribution in [2.75, 3.05) is 12.3 Å². The number of carbonyl (C=O) groups is 2. The first-order valence-corrected chi connectivity index (χ1v) is 13.2. The third kappa shape index (κ3) is 8.59. The zero-order valence-corrected chi connectivity index (χ0v) is 22.0. The smallest absolute Gasteiger partial charge is 0.243 e. The Hall–Kier alpha value is -3.05. The van der Waals surface area contributed by atoms with Gasteiger partial charge in [0.05, 0.1) is 5.75 Å². The molecule has 184 valence electrons. The molecule has 0 spiro atoms. The SMILES string of the molecule is Cc1ccc(CN(C(=O)CSc2ccc(C)cc2)C(Cc2ccccc2)C(=O)NCC(C)C)cc1. The van der Waals surface area contributed by atoms with Crippen LogP contribution in [0.15, 0.2) is 83.8 Å². The minimum absolute atomic E-state index is 0.0446. The van der Waals surface area contributed by atoms with E-state index in [1.54, 1.807) is 4.90 Å². The molecule has 2 amide bonds. The molecule has 0 aliphatic heterocycles. The van der Waals surface area contributed by atoms with Crippen molar-refractivity contribution in [3.63, 3.8) is 0 Å². The standard InChI is InChI=1S/C30H36N2O2S/c1-22(2)19-31-30(34)28(18-25-8-6-5-7-9-25)32(20-26-14-10-23(3)11-15-26)29(33)21-35-27-16-12-24(4)13-17-27/h5-17,22,28H,18-21H2,1-4H3,(H,31,34). The molecule has 1 unspecified atom stereocenters. The van der Waals surface area contributed by atoms with Crippen molar-refractivity contribution in [3.05, 3.63) is 101 Å². The molecule has 1 N–H and O–H groups in total. The van der Waals surface area contributed by atoms with Crippen molar-refractivity contribution in [1.29, 1.82) is 0 Å². The van der Waals surface area contributed by atoms with E-state index in [0.717, 1.165) is 21.6 Å². The molecular weight excluding hydrogens is 452 g/mol. The van der Waals surface area contributed by atoms with Crippen LogP contribution in [0.3, 0.4) is 0 Å². The van der Waals surface area contributed by atoms with E-state index in [1.807, 2.05) is 80.6 Å². The van der Waals surface area contributed by atoms with E-state index in [-0.39, 0.29) is 17.6 Å². The summed E-state index contributed by atoms with van der Waals surface area (Å²) in [5.41, 5.74) is 4.40. The fourth-order valence-corrected chi connectivity index (χ4v) is 4.51. The molecule has 0 aliphatic rings. The van der Waals surface area contributed by atoms with Crippen LogP contribution in [0.25, 0.3) is 0 Å². The van der Waals surface area contributed by atoms with E-state index in [9.17, 15) is 9.59 Å². The zero-order chi connectivity index (χ0) is 25.2. The molecule has 5 heteroatoms. The van der Waals surface area contributed by atoms with Crippen LogP contribution in [0.4, 0.5) is 0 Å². The van der Waals surface area contributed by atoms with Gasteiger partial charge in [-0.1, -0.05) is 91.7 Å². The van der Waals surface area contributed by atoms with Gasteiger partial charge in [-0.05, 0) is 43.0 Å². The third-order valence-electron chi connectivity index (χ3n) is 5.81. The Morgan fingerprint density at radius 3 is 2.03 bits per heavy atom. The first-order chi connectivity index (χ1) is 16.8. The van der Waals surface area contributed by atoms with Crippen LogP contribution in [-0.2, 0) is 22.6 Å². The second kappa shape index (κ2) is 13.1. The van der Waals surface area contributed by atoms with Gasteiger partial charge in [0.15, 0.2) is 0 Å². The highest BCUT2D eigenvalue weighted by molar-refractivity contribution is 8.00. The molecule has 0 bridgehead atoms. The van der Waals surface area contributed by atoms with Crippen LogP contribution in [0.2, 0.25) is 0 Å². The van der Waals surface area contributed by atoms with Gasteiger partial charge in [0, 0.05) is 24.4 Å². The summed E-state index contributed by atoms with van der Waals surface area (Å²) in [5.74, 6) is 0.451. The summed E-state index contributed by atoms with van der Waals surface area (Å²) in [6, 6.07) is 25.7. The summed E-state index contributed by atoms with van der Waals surface area (Å²) in [7, 11) is 0. The number of nitrogens with one attached hydrogen (secondary N) is 1. The number of nitrogens with zero attached hydrogens (tertiary/aromatic N) is 1. The number of aryl methyl sites for hydroxylation is 2. The summed E-state index contributed by atoms with van der Waals surface area (Å²) in [6.45, 7) is 9.20. The number of hydrogen-bond acceptors (Lipinski definition) is 3. The highest BCUT2D eigenvalue weighted by atomic mass is 32.2. The summed E-state index contributed by atoms with van der Waals surface area (Å²) in [5, 5.41) is 3.07. The second-order valence-electron chi connectivity index (χ2n) is 9.45. The number of rotatable bonds is 11. The first kappa shape index (κ1) is 26.6. The predicted octanol–water partition coefficient (Wildman–Crippen LogP) is 5.81. The van der Waals surface area contributed by atoms with Crippen molar-refractivity contribution in [1.82, 2.24) is 10.2 Å². The van der Waals surface area contributed by atoms with E-state index in [1.165, 1.54) is 17.3 Å². The predicted molar refractivity (Wildman–Crippen MR) is 145 cm³/mol. The van der Waals surface area contributed by atoms with Gasteiger partial charge >= 0.3 is 0 Å². The minimum atomic E-state index is -0.594. The molecule has 3 rings (SSSR count). The van der Waals surface area contributed by atoms with Crippen molar-refractivity contribution in [2.45, 2.75) is 51.6 Å². The van der Waals surface area contributed by atoms with E-state index in [0.29, 0.717) is 25.4 Å². The largest absolute Gasteiger partial charge is 0.354 e. The zero-order valence-electron chi connectivity index (χ0n) is 21.2. The molecule has 0 aromatic heterocycles. The summed E-state index contributed by atoms with van der Waals surface area (Å²) >= 11 is 1.51. The summed E-state index contributed by atoms with van der Waals surface area (Å²) < 4.78 is 0. The van der Waals surface area contributed by atoms with Gasteiger partial charge < -0.3 is 10.2 Å². The molecule has 35 heavy (non-hydrogen) atoms. The van der Waals surface area contributed by atoms with Crippen molar-refractivity contribution in [2.24, 2.45) is 5.92 Å². The van der Waals surface area contributed by atoms with E-state index >= 15 is 0 Å². The molecule has 1 atom stereocenters. The van der Waals surface area contributed by atoms with Crippen molar-refractivity contribution < 1.29 is 9.59 Å². The molecule has 0 fully saturated rings. The number of benzene rings is 3. The highest BCUT2D eigenvalue weighted by Crippen LogP contribution is 2.22. The molecule has 0 aliphatic carbocycles. The lowest BCUT2D eigenvalue weighted by Crippen LogP contribution is -2.51. The van der Waals surface area contributed by atoms with Gasteiger partial charge in [0.2, 0.25) is 11.8 Å². The Morgan fingerprint density at radius 2 is 1.43 bits per heavy atom. The number of thioether (sulfide) groups is 1. The average molecular weight is 489 g/mol. The van der Waals surface area contributed by atoms with Gasteiger partial charge in [-0.3, -0.25) is 9.59 Å². The topological polar surface area (TPSA) is 49.4 Å². The maximum atomic E-state index is 13.7. The van der Waals surface area contributed by atoms with Crippen molar-refractivity contribution >= 4 is 23.6 Å². The molecule has 0 saturated heterocycles. The highest BCUT2D eigenvalue weighted by Gasteiger charge is 2.30. The number of amides is 2. The van der Waals surface area contributed by atoms with Gasteiger partial charge in [0.25, 0.3) is 0 Å². The fraction of sp³-hybridized carbons (Fsp3) is 0.333. The molecule has 3 aromatic rings. The molecule has 3 aromatic carbocycles. The molecule has 0 radical (unpaired) electrons. The van der Waals surface area contributed by atoms with Crippen LogP contribution < -0.4 is 5.32 Å². The second-order valence-corrected chi connectivity index (χ2v) is 10.5. The normalized spacial score (nSPS) is 11.8. The maximum absolute atomic E-state index is 13.7. The Kier molecular flexibility index (Phi) is 9.98. The Labute approximate surface area is 214 Å². The minimum Gasteiger partial charge on any atom is -0.354 e. The Balaban J connectivity index is 1.88. The van der Waals surface area contributed by atoms with Crippen molar-refractivity contribution in [3.8, 4) is 0 Å².